The zero-order chi connectivity index (χ0) is 14.3. The van der Waals surface area contributed by atoms with E-state index in [4.69, 9.17) is 4.74 Å². The zero-order valence-electron chi connectivity index (χ0n) is 12.5. The second-order valence-electron chi connectivity index (χ2n) is 4.71. The molecule has 0 fully saturated rings. The van der Waals surface area contributed by atoms with Crippen molar-refractivity contribution < 1.29 is 4.74 Å². The van der Waals surface area contributed by atoms with Gasteiger partial charge in [0.2, 0.25) is 11.9 Å². The summed E-state index contributed by atoms with van der Waals surface area (Å²) >= 11 is 0. The fourth-order valence-corrected chi connectivity index (χ4v) is 1.53. The maximum Gasteiger partial charge on any atom is 0.322 e. The molecule has 19 heavy (non-hydrogen) atoms. The average Bonchev–Trinajstić information content (AvgIpc) is 2.43. The van der Waals surface area contributed by atoms with Gasteiger partial charge in [-0.1, -0.05) is 27.2 Å². The fourth-order valence-electron chi connectivity index (χ4n) is 1.53. The highest BCUT2D eigenvalue weighted by molar-refractivity contribution is 5.36. The van der Waals surface area contributed by atoms with Crippen LogP contribution in [0.5, 0.6) is 6.01 Å². The molecule has 0 radical (unpaired) electrons. The van der Waals surface area contributed by atoms with Crippen LogP contribution in [-0.4, -0.2) is 34.6 Å². The second kappa shape index (κ2) is 7.76. The molecule has 6 heteroatoms. The predicted octanol–water partition coefficient (Wildman–Crippen LogP) is 2.55. The first kappa shape index (κ1) is 15.5. The van der Waals surface area contributed by atoms with E-state index in [-0.39, 0.29) is 0 Å². The minimum absolute atomic E-state index is 0.302. The number of hydrogen-bond donors (Lipinski definition) is 2. The molecule has 2 atom stereocenters. The maximum absolute atomic E-state index is 5.10. The van der Waals surface area contributed by atoms with E-state index in [0.29, 0.717) is 29.9 Å². The largest absolute Gasteiger partial charge is 0.467 e. The van der Waals surface area contributed by atoms with E-state index in [0.717, 1.165) is 19.4 Å². The van der Waals surface area contributed by atoms with E-state index >= 15 is 0 Å². The standard InChI is InChI=1S/C13H25N5O/c1-6-8-14-11-16-12(18-13(17-11)19-5)15-10(4)9(3)7-2/h9-10H,6-8H2,1-5H3,(H2,14,15,16,17,18). The van der Waals surface area contributed by atoms with Crippen molar-refractivity contribution in [3.8, 4) is 6.01 Å². The van der Waals surface area contributed by atoms with Gasteiger partial charge in [-0.2, -0.15) is 15.0 Å². The van der Waals surface area contributed by atoms with Crippen molar-refractivity contribution in [2.75, 3.05) is 24.3 Å². The van der Waals surface area contributed by atoms with Crippen molar-refractivity contribution in [3.05, 3.63) is 0 Å². The van der Waals surface area contributed by atoms with E-state index in [2.05, 4.69) is 53.3 Å². The number of nitrogens with one attached hydrogen (secondary N) is 2. The Kier molecular flexibility index (Phi) is 6.32. The van der Waals surface area contributed by atoms with Crippen molar-refractivity contribution >= 4 is 11.9 Å². The molecular formula is C13H25N5O. The van der Waals surface area contributed by atoms with E-state index < -0.39 is 0 Å². The van der Waals surface area contributed by atoms with E-state index in [9.17, 15) is 0 Å². The van der Waals surface area contributed by atoms with Crippen molar-refractivity contribution in [1.29, 1.82) is 0 Å². The number of rotatable bonds is 8. The summed E-state index contributed by atoms with van der Waals surface area (Å²) < 4.78 is 5.10. The Bertz CT molecular complexity index is 385. The number of methoxy groups -OCH3 is 1. The average molecular weight is 267 g/mol. The third-order valence-corrected chi connectivity index (χ3v) is 3.18. The molecule has 108 valence electrons. The molecule has 0 bridgehead atoms. The summed E-state index contributed by atoms with van der Waals surface area (Å²) in [7, 11) is 1.56. The highest BCUT2D eigenvalue weighted by Gasteiger charge is 2.13. The first-order valence-electron chi connectivity index (χ1n) is 6.91. The molecule has 0 aliphatic rings. The van der Waals surface area contributed by atoms with Crippen LogP contribution in [0.3, 0.4) is 0 Å². The SMILES string of the molecule is CCCNc1nc(NC(C)C(C)CC)nc(OC)n1. The van der Waals surface area contributed by atoms with E-state index in [1.54, 1.807) is 7.11 Å². The molecule has 0 aliphatic heterocycles. The van der Waals surface area contributed by atoms with Gasteiger partial charge in [0.15, 0.2) is 0 Å². The molecule has 0 aliphatic carbocycles. The van der Waals surface area contributed by atoms with Crippen LogP contribution in [0.2, 0.25) is 0 Å². The second-order valence-corrected chi connectivity index (χ2v) is 4.71. The van der Waals surface area contributed by atoms with Gasteiger partial charge in [-0.3, -0.25) is 0 Å². The van der Waals surface area contributed by atoms with Gasteiger partial charge in [-0.05, 0) is 19.3 Å². The fraction of sp³-hybridized carbons (Fsp3) is 0.769. The van der Waals surface area contributed by atoms with Crippen molar-refractivity contribution in [2.45, 2.75) is 46.6 Å². The normalized spacial score (nSPS) is 13.7. The first-order chi connectivity index (χ1) is 9.10. The van der Waals surface area contributed by atoms with Crippen LogP contribution in [0.15, 0.2) is 0 Å². The zero-order valence-corrected chi connectivity index (χ0v) is 12.5. The first-order valence-corrected chi connectivity index (χ1v) is 6.91. The highest BCUT2D eigenvalue weighted by Crippen LogP contribution is 2.15. The molecule has 1 aromatic heterocycles. The van der Waals surface area contributed by atoms with Gasteiger partial charge in [-0.15, -0.1) is 0 Å². The lowest BCUT2D eigenvalue weighted by molar-refractivity contribution is 0.379. The summed E-state index contributed by atoms with van der Waals surface area (Å²) in [6.45, 7) is 9.42. The predicted molar refractivity (Wildman–Crippen MR) is 77.7 cm³/mol. The molecule has 0 saturated heterocycles. The molecule has 0 saturated carbocycles. The summed E-state index contributed by atoms with van der Waals surface area (Å²) in [5.74, 6) is 1.65. The van der Waals surface area contributed by atoms with Gasteiger partial charge in [0.25, 0.3) is 0 Å². The molecular weight excluding hydrogens is 242 g/mol. The third kappa shape index (κ3) is 4.89. The summed E-state index contributed by atoms with van der Waals surface area (Å²) in [4.78, 5) is 12.7. The van der Waals surface area contributed by atoms with Crippen LogP contribution in [0.25, 0.3) is 0 Å². The molecule has 1 aromatic rings. The molecule has 2 N–H and O–H groups in total. The molecule has 2 unspecified atom stereocenters. The van der Waals surface area contributed by atoms with Gasteiger partial charge in [-0.25, -0.2) is 0 Å². The number of nitrogens with zero attached hydrogens (tertiary/aromatic N) is 3. The lowest BCUT2D eigenvalue weighted by Gasteiger charge is -2.20. The Morgan fingerprint density at radius 2 is 1.79 bits per heavy atom. The monoisotopic (exact) mass is 267 g/mol. The van der Waals surface area contributed by atoms with Crippen molar-refractivity contribution in [3.63, 3.8) is 0 Å². The van der Waals surface area contributed by atoms with Gasteiger partial charge in [0.1, 0.15) is 0 Å². The Balaban J connectivity index is 2.81. The van der Waals surface area contributed by atoms with Gasteiger partial charge in [0, 0.05) is 12.6 Å². The third-order valence-electron chi connectivity index (χ3n) is 3.18. The van der Waals surface area contributed by atoms with Crippen molar-refractivity contribution in [1.82, 2.24) is 15.0 Å². The topological polar surface area (TPSA) is 72.0 Å². The number of hydrogen-bond acceptors (Lipinski definition) is 6. The van der Waals surface area contributed by atoms with Crippen molar-refractivity contribution in [2.24, 2.45) is 5.92 Å². The summed E-state index contributed by atoms with van der Waals surface area (Å²) in [6.07, 6.45) is 2.12. The molecule has 6 nitrogen and oxygen atoms in total. The van der Waals surface area contributed by atoms with Gasteiger partial charge in [0.05, 0.1) is 7.11 Å². The minimum atomic E-state index is 0.302. The Morgan fingerprint density at radius 1 is 1.11 bits per heavy atom. The molecule has 0 spiro atoms. The quantitative estimate of drug-likeness (QED) is 0.754. The van der Waals surface area contributed by atoms with Crippen LogP contribution in [0.4, 0.5) is 11.9 Å². The summed E-state index contributed by atoms with van der Waals surface area (Å²) in [5, 5.41) is 6.45. The molecule has 0 aromatic carbocycles. The highest BCUT2D eigenvalue weighted by atomic mass is 16.5. The van der Waals surface area contributed by atoms with Crippen LogP contribution in [0.1, 0.15) is 40.5 Å². The lowest BCUT2D eigenvalue weighted by atomic mass is 10.0. The Hall–Kier alpha value is -1.59. The molecule has 1 rings (SSSR count). The lowest BCUT2D eigenvalue weighted by Crippen LogP contribution is -2.25. The smallest absolute Gasteiger partial charge is 0.322 e. The number of aromatic nitrogens is 3. The van der Waals surface area contributed by atoms with Crippen LogP contribution in [-0.2, 0) is 0 Å². The molecule has 0 amide bonds. The maximum atomic E-state index is 5.10. The van der Waals surface area contributed by atoms with E-state index in [1.165, 1.54) is 0 Å². The van der Waals surface area contributed by atoms with Gasteiger partial charge < -0.3 is 15.4 Å². The van der Waals surface area contributed by atoms with Gasteiger partial charge >= 0.3 is 6.01 Å². The minimum Gasteiger partial charge on any atom is -0.467 e. The van der Waals surface area contributed by atoms with Crippen LogP contribution < -0.4 is 15.4 Å². The number of anilines is 2. The molecule has 1 heterocycles. The summed E-state index contributed by atoms with van der Waals surface area (Å²) in [6, 6.07) is 0.628. The van der Waals surface area contributed by atoms with Crippen LogP contribution in [0, 0.1) is 5.92 Å². The Labute approximate surface area is 115 Å². The van der Waals surface area contributed by atoms with Crippen LogP contribution >= 0.6 is 0 Å². The van der Waals surface area contributed by atoms with E-state index in [1.807, 2.05) is 0 Å². The Morgan fingerprint density at radius 3 is 2.37 bits per heavy atom. The summed E-state index contributed by atoms with van der Waals surface area (Å²) in [5.41, 5.74) is 0. The number of ether oxygens (including phenoxy) is 1.